The molecule has 3 aromatic rings. The normalized spacial score (nSPS) is 11.6. The van der Waals surface area contributed by atoms with Gasteiger partial charge in [-0.3, -0.25) is 0 Å². The fourth-order valence-electron chi connectivity index (χ4n) is 2.84. The van der Waals surface area contributed by atoms with Gasteiger partial charge in [0.05, 0.1) is 16.8 Å². The van der Waals surface area contributed by atoms with Gasteiger partial charge in [0, 0.05) is 17.7 Å². The van der Waals surface area contributed by atoms with Gasteiger partial charge < -0.3 is 0 Å². The van der Waals surface area contributed by atoms with Crippen molar-refractivity contribution in [2.75, 3.05) is 0 Å². The van der Waals surface area contributed by atoms with E-state index in [0.29, 0.717) is 29.0 Å². The van der Waals surface area contributed by atoms with Crippen LogP contribution in [0.2, 0.25) is 0 Å². The summed E-state index contributed by atoms with van der Waals surface area (Å²) in [6.45, 7) is 6.35. The molecule has 120 valence electrons. The van der Waals surface area contributed by atoms with Gasteiger partial charge in [0.25, 0.3) is 6.43 Å². The topological polar surface area (TPSA) is 30.7 Å². The lowest BCUT2D eigenvalue weighted by atomic mass is 10.0. The van der Waals surface area contributed by atoms with E-state index >= 15 is 0 Å². The number of aryl methyl sites for hydroxylation is 3. The Morgan fingerprint density at radius 2 is 1.83 bits per heavy atom. The molecule has 2 heterocycles. The molecule has 0 atom stereocenters. The van der Waals surface area contributed by atoms with E-state index in [0.717, 1.165) is 12.0 Å². The molecule has 0 bridgehead atoms. The minimum Gasteiger partial charge on any atom is -0.247 e. The van der Waals surface area contributed by atoms with Crippen molar-refractivity contribution in [1.82, 2.24) is 14.8 Å². The molecule has 0 unspecified atom stereocenters. The first-order chi connectivity index (χ1) is 11.0. The van der Waals surface area contributed by atoms with Crippen LogP contribution in [0.25, 0.3) is 22.3 Å². The number of hydrogen-bond acceptors (Lipinski definition) is 2. The van der Waals surface area contributed by atoms with E-state index in [9.17, 15) is 8.78 Å². The van der Waals surface area contributed by atoms with Crippen LogP contribution < -0.4 is 0 Å². The number of pyridine rings is 1. The lowest BCUT2D eigenvalue weighted by Gasteiger charge is -2.08. The molecule has 0 spiro atoms. The molecule has 3 rings (SSSR count). The van der Waals surface area contributed by atoms with Crippen LogP contribution in [0.15, 0.2) is 30.3 Å². The van der Waals surface area contributed by atoms with Gasteiger partial charge in [-0.2, -0.15) is 5.10 Å². The molecule has 0 aliphatic carbocycles. The molecule has 0 saturated carbocycles. The first-order valence-electron chi connectivity index (χ1n) is 7.80. The average molecular weight is 315 g/mol. The molecule has 0 saturated heterocycles. The molecule has 0 radical (unpaired) electrons. The maximum absolute atomic E-state index is 13.5. The minimum atomic E-state index is -2.55. The fraction of sp³-hybridized carbons (Fsp3) is 0.333. The Bertz CT molecular complexity index is 836. The fourth-order valence-corrected chi connectivity index (χ4v) is 2.84. The van der Waals surface area contributed by atoms with Crippen LogP contribution in [0.4, 0.5) is 8.78 Å². The highest BCUT2D eigenvalue weighted by atomic mass is 19.3. The summed E-state index contributed by atoms with van der Waals surface area (Å²) in [7, 11) is 0. The maximum Gasteiger partial charge on any atom is 0.264 e. The van der Waals surface area contributed by atoms with Crippen molar-refractivity contribution >= 4 is 11.0 Å². The third-order valence-corrected chi connectivity index (χ3v) is 4.10. The number of fused-ring (bicyclic) bond motifs is 1. The number of rotatable bonds is 4. The van der Waals surface area contributed by atoms with E-state index in [1.165, 1.54) is 11.6 Å². The van der Waals surface area contributed by atoms with Crippen LogP contribution in [0.5, 0.6) is 0 Å². The first kappa shape index (κ1) is 15.6. The van der Waals surface area contributed by atoms with E-state index < -0.39 is 6.43 Å². The summed E-state index contributed by atoms with van der Waals surface area (Å²) in [5.74, 6) is 0. The number of aromatic nitrogens is 3. The monoisotopic (exact) mass is 315 g/mol. The van der Waals surface area contributed by atoms with Crippen molar-refractivity contribution in [2.45, 2.75) is 40.2 Å². The van der Waals surface area contributed by atoms with Gasteiger partial charge in [0.1, 0.15) is 0 Å². The highest BCUT2D eigenvalue weighted by Crippen LogP contribution is 2.33. The van der Waals surface area contributed by atoms with Gasteiger partial charge >= 0.3 is 0 Å². The molecular weight excluding hydrogens is 296 g/mol. The van der Waals surface area contributed by atoms with Crippen molar-refractivity contribution in [1.29, 1.82) is 0 Å². The molecule has 0 aliphatic heterocycles. The van der Waals surface area contributed by atoms with Crippen LogP contribution >= 0.6 is 0 Å². The Morgan fingerprint density at radius 1 is 1.13 bits per heavy atom. The van der Waals surface area contributed by atoms with Crippen LogP contribution in [0.3, 0.4) is 0 Å². The second kappa shape index (κ2) is 6.07. The van der Waals surface area contributed by atoms with Gasteiger partial charge in [-0.1, -0.05) is 31.2 Å². The van der Waals surface area contributed by atoms with Crippen molar-refractivity contribution in [3.63, 3.8) is 0 Å². The minimum absolute atomic E-state index is 0.00164. The van der Waals surface area contributed by atoms with E-state index in [4.69, 9.17) is 0 Å². The Balaban J connectivity index is 2.24. The Morgan fingerprint density at radius 3 is 2.39 bits per heavy atom. The zero-order valence-electron chi connectivity index (χ0n) is 13.5. The third-order valence-electron chi connectivity index (χ3n) is 4.10. The number of alkyl halides is 2. The van der Waals surface area contributed by atoms with Gasteiger partial charge in [-0.15, -0.1) is 0 Å². The van der Waals surface area contributed by atoms with E-state index in [1.807, 2.05) is 31.2 Å². The molecule has 0 amide bonds. The molecule has 0 fully saturated rings. The summed E-state index contributed by atoms with van der Waals surface area (Å²) >= 11 is 0. The number of benzene rings is 1. The van der Waals surface area contributed by atoms with Crippen LogP contribution in [0.1, 0.15) is 37.1 Å². The molecule has 3 nitrogen and oxygen atoms in total. The van der Waals surface area contributed by atoms with E-state index in [1.54, 1.807) is 11.6 Å². The molecular formula is C18H19F2N3. The smallest absolute Gasteiger partial charge is 0.247 e. The summed E-state index contributed by atoms with van der Waals surface area (Å²) < 4.78 is 28.8. The van der Waals surface area contributed by atoms with Crippen LogP contribution in [0, 0.1) is 6.92 Å². The standard InChI is InChI=1S/C18H19F2N3/c1-4-12-6-8-13(9-7-12)15-10-14(17(19)20)16-11(3)22-23(5-2)18(16)21-15/h6-10,17H,4-5H2,1-3H3. The Kier molecular flexibility index (Phi) is 4.11. The van der Waals surface area contributed by atoms with E-state index in [-0.39, 0.29) is 5.56 Å². The summed E-state index contributed by atoms with van der Waals surface area (Å²) in [5, 5.41) is 4.80. The van der Waals surface area contributed by atoms with Crippen molar-refractivity contribution in [3.8, 4) is 11.3 Å². The van der Waals surface area contributed by atoms with Gasteiger partial charge in [-0.05, 0) is 31.9 Å². The van der Waals surface area contributed by atoms with Gasteiger partial charge in [-0.25, -0.2) is 18.4 Å². The van der Waals surface area contributed by atoms with Crippen LogP contribution in [-0.4, -0.2) is 14.8 Å². The second-order valence-electron chi connectivity index (χ2n) is 5.55. The van der Waals surface area contributed by atoms with Crippen molar-refractivity contribution < 1.29 is 8.78 Å². The largest absolute Gasteiger partial charge is 0.264 e. The van der Waals surface area contributed by atoms with Gasteiger partial charge in [0.15, 0.2) is 5.65 Å². The number of hydrogen-bond donors (Lipinski definition) is 0. The summed E-state index contributed by atoms with van der Waals surface area (Å²) in [4.78, 5) is 4.60. The zero-order valence-corrected chi connectivity index (χ0v) is 13.5. The number of nitrogens with zero attached hydrogens (tertiary/aromatic N) is 3. The zero-order chi connectivity index (χ0) is 16.6. The highest BCUT2D eigenvalue weighted by molar-refractivity contribution is 5.85. The lowest BCUT2D eigenvalue weighted by Crippen LogP contribution is -1.99. The average Bonchev–Trinajstić information content (AvgIpc) is 2.90. The van der Waals surface area contributed by atoms with E-state index in [2.05, 4.69) is 17.0 Å². The molecule has 0 N–H and O–H groups in total. The Labute approximate surface area is 134 Å². The maximum atomic E-state index is 13.5. The summed E-state index contributed by atoms with van der Waals surface area (Å²) in [6, 6.07) is 9.36. The summed E-state index contributed by atoms with van der Waals surface area (Å²) in [6.07, 6.45) is -1.61. The molecule has 5 heteroatoms. The molecule has 0 aliphatic rings. The van der Waals surface area contributed by atoms with Gasteiger partial charge in [0.2, 0.25) is 0 Å². The van der Waals surface area contributed by atoms with Crippen molar-refractivity contribution in [2.24, 2.45) is 0 Å². The highest BCUT2D eigenvalue weighted by Gasteiger charge is 2.20. The van der Waals surface area contributed by atoms with Crippen LogP contribution in [-0.2, 0) is 13.0 Å². The second-order valence-corrected chi connectivity index (χ2v) is 5.55. The lowest BCUT2D eigenvalue weighted by molar-refractivity contribution is 0.153. The predicted molar refractivity (Wildman–Crippen MR) is 87.7 cm³/mol. The molecule has 1 aromatic carbocycles. The number of halogens is 2. The first-order valence-corrected chi connectivity index (χ1v) is 7.80. The van der Waals surface area contributed by atoms with Crippen molar-refractivity contribution in [3.05, 3.63) is 47.2 Å². The summed E-state index contributed by atoms with van der Waals surface area (Å²) in [5.41, 5.74) is 3.73. The third kappa shape index (κ3) is 2.71. The molecule has 2 aromatic heterocycles. The quantitative estimate of drug-likeness (QED) is 0.683. The molecule has 23 heavy (non-hydrogen) atoms. The predicted octanol–water partition coefficient (Wildman–Crippen LogP) is 4.93. The SMILES string of the molecule is CCc1ccc(-c2cc(C(F)F)c3c(C)nn(CC)c3n2)cc1. The Hall–Kier alpha value is -2.30.